The second-order valence-electron chi connectivity index (χ2n) is 10.6. The first-order valence-electron chi connectivity index (χ1n) is 12.1. The van der Waals surface area contributed by atoms with Crippen LogP contribution in [0.2, 0.25) is 0 Å². The van der Waals surface area contributed by atoms with Gasteiger partial charge in [-0.1, -0.05) is 6.92 Å². The van der Waals surface area contributed by atoms with E-state index in [2.05, 4.69) is 65.7 Å². The molecule has 1 amide bonds. The van der Waals surface area contributed by atoms with Crippen LogP contribution in [-0.4, -0.2) is 50.7 Å². The number of aryl methyl sites for hydroxylation is 1. The van der Waals surface area contributed by atoms with E-state index in [1.165, 1.54) is 11.8 Å². The Morgan fingerprint density at radius 1 is 1.06 bits per heavy atom. The number of anilines is 4. The first-order chi connectivity index (χ1) is 16.8. The topological polar surface area (TPSA) is 111 Å². The predicted molar refractivity (Wildman–Crippen MR) is 148 cm³/mol. The predicted octanol–water partition coefficient (Wildman–Crippen LogP) is 5.35. The van der Waals surface area contributed by atoms with Crippen molar-refractivity contribution in [2.45, 2.75) is 76.0 Å². The fourth-order valence-corrected chi connectivity index (χ4v) is 4.79. The Hall–Kier alpha value is -3.11. The highest BCUT2D eigenvalue weighted by Gasteiger charge is 2.26. The number of benzene rings is 1. The molecule has 2 heterocycles. The number of aromatic amines is 1. The molecule has 0 aliphatic heterocycles. The molecule has 0 saturated heterocycles. The number of H-pyrrole nitrogens is 1. The maximum Gasteiger partial charge on any atom is 0.224 e. The van der Waals surface area contributed by atoms with Gasteiger partial charge < -0.3 is 20.9 Å². The second-order valence-corrected chi connectivity index (χ2v) is 11.6. The van der Waals surface area contributed by atoms with Gasteiger partial charge in [0, 0.05) is 59.5 Å². The highest BCUT2D eigenvalue weighted by atomic mass is 32.2. The number of nitrogens with one attached hydrogen (secondary N) is 4. The van der Waals surface area contributed by atoms with Crippen molar-refractivity contribution in [1.82, 2.24) is 25.5 Å². The molecule has 4 N–H and O–H groups in total. The fourth-order valence-electron chi connectivity index (χ4n) is 4.02. The molecule has 36 heavy (non-hydrogen) atoms. The SMILES string of the molecule is CCC(=O)Nc1ccc(Sc2nc(Nc3cc(C)[nH]n3)cc(N(C)CC(C)(C)NC(C)(C)C)n2)cc1. The van der Waals surface area contributed by atoms with Crippen LogP contribution in [-0.2, 0) is 4.79 Å². The van der Waals surface area contributed by atoms with Gasteiger partial charge >= 0.3 is 0 Å². The normalized spacial score (nSPS) is 11.9. The molecule has 1 aromatic carbocycles. The Morgan fingerprint density at radius 2 is 1.75 bits per heavy atom. The molecule has 9 nitrogen and oxygen atoms in total. The maximum atomic E-state index is 11.7. The van der Waals surface area contributed by atoms with Crippen LogP contribution in [0.1, 0.15) is 53.7 Å². The van der Waals surface area contributed by atoms with Crippen LogP contribution in [0.4, 0.5) is 23.1 Å². The monoisotopic (exact) mass is 510 g/mol. The summed E-state index contributed by atoms with van der Waals surface area (Å²) in [6.07, 6.45) is 0.442. The van der Waals surface area contributed by atoms with Gasteiger partial charge in [-0.2, -0.15) is 5.10 Å². The molecule has 0 spiro atoms. The summed E-state index contributed by atoms with van der Waals surface area (Å²) in [4.78, 5) is 24.4. The molecular weight excluding hydrogens is 472 g/mol. The van der Waals surface area contributed by atoms with Gasteiger partial charge in [0.25, 0.3) is 0 Å². The summed E-state index contributed by atoms with van der Waals surface area (Å²) in [6, 6.07) is 11.5. The third-order valence-corrected chi connectivity index (χ3v) is 5.93. The highest BCUT2D eigenvalue weighted by Crippen LogP contribution is 2.30. The van der Waals surface area contributed by atoms with E-state index in [9.17, 15) is 4.79 Å². The fraction of sp³-hybridized carbons (Fsp3) is 0.462. The molecule has 3 aromatic rings. The Balaban J connectivity index is 1.85. The Labute approximate surface area is 218 Å². The van der Waals surface area contributed by atoms with Crippen molar-refractivity contribution >= 4 is 40.8 Å². The lowest BCUT2D eigenvalue weighted by atomic mass is 9.98. The first kappa shape index (κ1) is 27.5. The summed E-state index contributed by atoms with van der Waals surface area (Å²) in [7, 11) is 2.04. The van der Waals surface area contributed by atoms with Gasteiger partial charge in [0.05, 0.1) is 0 Å². The highest BCUT2D eigenvalue weighted by molar-refractivity contribution is 7.99. The van der Waals surface area contributed by atoms with Gasteiger partial charge in [0.1, 0.15) is 11.6 Å². The molecule has 0 unspecified atom stereocenters. The van der Waals surface area contributed by atoms with Crippen LogP contribution in [0.25, 0.3) is 0 Å². The quantitative estimate of drug-likeness (QED) is 0.270. The zero-order chi connectivity index (χ0) is 26.5. The van der Waals surface area contributed by atoms with E-state index in [-0.39, 0.29) is 17.0 Å². The third kappa shape index (κ3) is 8.53. The lowest BCUT2D eigenvalue weighted by Gasteiger charge is -2.38. The number of likely N-dealkylation sites (N-methyl/N-ethyl adjacent to an activating group) is 1. The largest absolute Gasteiger partial charge is 0.358 e. The van der Waals surface area contributed by atoms with E-state index >= 15 is 0 Å². The molecule has 0 fully saturated rings. The van der Waals surface area contributed by atoms with Crippen LogP contribution in [0, 0.1) is 6.92 Å². The summed E-state index contributed by atoms with van der Waals surface area (Å²) in [5.74, 6) is 2.15. The van der Waals surface area contributed by atoms with Gasteiger partial charge in [-0.25, -0.2) is 9.97 Å². The van der Waals surface area contributed by atoms with Crippen molar-refractivity contribution in [2.75, 3.05) is 29.1 Å². The Bertz CT molecular complexity index is 1170. The van der Waals surface area contributed by atoms with E-state index in [0.29, 0.717) is 23.2 Å². The molecule has 0 bridgehead atoms. The molecule has 0 radical (unpaired) electrons. The van der Waals surface area contributed by atoms with Crippen molar-refractivity contribution in [3.63, 3.8) is 0 Å². The molecule has 10 heteroatoms. The van der Waals surface area contributed by atoms with Crippen molar-refractivity contribution in [1.29, 1.82) is 0 Å². The van der Waals surface area contributed by atoms with Crippen molar-refractivity contribution in [3.05, 3.63) is 42.1 Å². The molecular formula is C26H38N8OS. The van der Waals surface area contributed by atoms with E-state index in [1.807, 2.05) is 57.3 Å². The standard InChI is InChI=1S/C26H38N8OS/c1-9-23(35)27-18-10-12-19(13-11-18)36-24-29-20(28-21-14-17(2)31-32-21)15-22(30-24)34(8)16-26(6,7)33-25(3,4)5/h10-15,33H,9,16H2,1-8H3,(H,27,35)(H2,28,29,30,31,32). The lowest BCUT2D eigenvalue weighted by molar-refractivity contribution is -0.115. The minimum Gasteiger partial charge on any atom is -0.358 e. The number of amides is 1. The Morgan fingerprint density at radius 3 is 2.33 bits per heavy atom. The summed E-state index contributed by atoms with van der Waals surface area (Å²) < 4.78 is 0. The van der Waals surface area contributed by atoms with Gasteiger partial charge in [0.15, 0.2) is 11.0 Å². The average molecular weight is 511 g/mol. The number of hydrogen-bond donors (Lipinski definition) is 4. The minimum atomic E-state index is -0.142. The van der Waals surface area contributed by atoms with E-state index in [0.717, 1.165) is 28.6 Å². The molecule has 0 saturated carbocycles. The van der Waals surface area contributed by atoms with Gasteiger partial charge in [0.2, 0.25) is 5.91 Å². The second kappa shape index (κ2) is 11.3. The van der Waals surface area contributed by atoms with Crippen LogP contribution in [0.3, 0.4) is 0 Å². The maximum absolute atomic E-state index is 11.7. The summed E-state index contributed by atoms with van der Waals surface area (Å²) in [5, 5.41) is 17.7. The first-order valence-corrected chi connectivity index (χ1v) is 12.9. The van der Waals surface area contributed by atoms with Crippen LogP contribution < -0.4 is 20.9 Å². The zero-order valence-corrected chi connectivity index (χ0v) is 23.3. The number of carbonyl (C=O) groups is 1. The summed E-state index contributed by atoms with van der Waals surface area (Å²) in [6.45, 7) is 15.4. The van der Waals surface area contributed by atoms with Gasteiger partial charge in [-0.3, -0.25) is 9.89 Å². The number of hydrogen-bond acceptors (Lipinski definition) is 8. The van der Waals surface area contributed by atoms with Gasteiger partial charge in [-0.15, -0.1) is 0 Å². The van der Waals surface area contributed by atoms with Crippen molar-refractivity contribution in [2.24, 2.45) is 0 Å². The average Bonchev–Trinajstić information content (AvgIpc) is 3.17. The number of nitrogens with zero attached hydrogens (tertiary/aromatic N) is 4. The van der Waals surface area contributed by atoms with Gasteiger partial charge in [-0.05, 0) is 77.6 Å². The third-order valence-electron chi connectivity index (χ3n) is 5.06. The van der Waals surface area contributed by atoms with Crippen LogP contribution in [0.5, 0.6) is 0 Å². The lowest BCUT2D eigenvalue weighted by Crippen LogP contribution is -2.55. The molecule has 0 atom stereocenters. The van der Waals surface area contributed by atoms with Crippen molar-refractivity contribution < 1.29 is 4.79 Å². The van der Waals surface area contributed by atoms with E-state index in [1.54, 1.807) is 0 Å². The molecule has 2 aromatic heterocycles. The minimum absolute atomic E-state index is 0.00961. The summed E-state index contributed by atoms with van der Waals surface area (Å²) >= 11 is 1.47. The van der Waals surface area contributed by atoms with Crippen molar-refractivity contribution in [3.8, 4) is 0 Å². The molecule has 0 aliphatic rings. The van der Waals surface area contributed by atoms with Crippen LogP contribution in [0.15, 0.2) is 46.5 Å². The van der Waals surface area contributed by atoms with Crippen LogP contribution >= 0.6 is 11.8 Å². The zero-order valence-electron chi connectivity index (χ0n) is 22.5. The molecule has 0 aliphatic carbocycles. The summed E-state index contributed by atoms with van der Waals surface area (Å²) in [5.41, 5.74) is 1.58. The molecule has 3 rings (SSSR count). The Kier molecular flexibility index (Phi) is 8.63. The van der Waals surface area contributed by atoms with E-state index < -0.39 is 0 Å². The number of aromatic nitrogens is 4. The number of carbonyl (C=O) groups excluding carboxylic acids is 1. The molecule has 194 valence electrons. The smallest absolute Gasteiger partial charge is 0.224 e. The number of rotatable bonds is 10. The van der Waals surface area contributed by atoms with E-state index in [4.69, 9.17) is 9.97 Å².